The third-order valence-corrected chi connectivity index (χ3v) is 18.7. The second-order valence-corrected chi connectivity index (χ2v) is 26.2. The van der Waals surface area contributed by atoms with Crippen LogP contribution in [0, 0.1) is 46.5 Å². The predicted octanol–water partition coefficient (Wildman–Crippen LogP) is 27.8. The highest BCUT2D eigenvalue weighted by Crippen LogP contribution is 2.58. The Hall–Kier alpha value is -12.2. The maximum Gasteiger partial charge on any atom is 0.416 e. The van der Waals surface area contributed by atoms with E-state index < -0.39 is 35.2 Å². The highest BCUT2D eigenvalue weighted by atomic mass is 19.4. The van der Waals surface area contributed by atoms with Crippen LogP contribution in [0.2, 0.25) is 0 Å². The Morgan fingerprint density at radius 3 is 0.750 bits per heavy atom. The van der Waals surface area contributed by atoms with E-state index >= 15 is 13.2 Å². The van der Waals surface area contributed by atoms with E-state index in [0.29, 0.717) is 89.4 Å². The molecule has 0 atom stereocenters. The molecule has 104 heavy (non-hydrogen) atoms. The lowest BCUT2D eigenvalue weighted by molar-refractivity contribution is -0.138. The van der Waals surface area contributed by atoms with Gasteiger partial charge in [0.05, 0.1) is 16.7 Å². The summed E-state index contributed by atoms with van der Waals surface area (Å²) in [6, 6.07) is 91.9. The SMILES string of the molecule is Cc1cc(C#Cc2cc(C)cc(C(F)(F)F)c2)cc(-c2c(-c3ccccc3)c(-c3ccccc3)c(-c3ccc(Oc4ccc(-c5c(-c6ccccc6)c(-c6ccccc6)c(C)c(-c6cc(C)cc(C(F)(F)F)c6)c5-c5ccccc5)cc4)cc3)c(-c3ccccc3)c2-c2cc(C)cc(C(F)(F)F)c2)c1. The van der Waals surface area contributed by atoms with Crippen molar-refractivity contribution in [1.82, 2.24) is 0 Å². The molecule has 14 aromatic carbocycles. The third kappa shape index (κ3) is 14.3. The van der Waals surface area contributed by atoms with Gasteiger partial charge in [0.25, 0.3) is 0 Å². The fourth-order valence-electron chi connectivity index (χ4n) is 14.4. The fraction of sp³-hybridized carbons (Fsp3) is 0.0851. The zero-order valence-electron chi connectivity index (χ0n) is 57.2. The van der Waals surface area contributed by atoms with Crippen molar-refractivity contribution in [2.75, 3.05) is 0 Å². The Labute approximate surface area is 598 Å². The molecule has 0 bridgehead atoms. The summed E-state index contributed by atoms with van der Waals surface area (Å²) in [7, 11) is 0. The van der Waals surface area contributed by atoms with Crippen LogP contribution in [0.25, 0.3) is 122 Å². The van der Waals surface area contributed by atoms with Crippen LogP contribution in [0.1, 0.15) is 55.6 Å². The van der Waals surface area contributed by atoms with Gasteiger partial charge in [-0.25, -0.2) is 0 Å². The lowest BCUT2D eigenvalue weighted by atomic mass is 9.73. The number of alkyl halides is 9. The van der Waals surface area contributed by atoms with Crippen LogP contribution < -0.4 is 4.74 Å². The van der Waals surface area contributed by atoms with Crippen molar-refractivity contribution in [3.8, 4) is 146 Å². The summed E-state index contributed by atoms with van der Waals surface area (Å²) < 4.78 is 141. The second kappa shape index (κ2) is 28.3. The average molecular weight is 1380 g/mol. The molecule has 0 aliphatic carbocycles. The summed E-state index contributed by atoms with van der Waals surface area (Å²) in [5.41, 5.74) is 16.5. The minimum atomic E-state index is -4.74. The first-order valence-corrected chi connectivity index (χ1v) is 33.9. The first-order valence-electron chi connectivity index (χ1n) is 33.9. The minimum Gasteiger partial charge on any atom is -0.457 e. The van der Waals surface area contributed by atoms with Gasteiger partial charge in [-0.1, -0.05) is 236 Å². The van der Waals surface area contributed by atoms with Gasteiger partial charge < -0.3 is 4.74 Å². The van der Waals surface area contributed by atoms with E-state index in [2.05, 4.69) is 24.0 Å². The molecule has 0 aliphatic rings. The summed E-state index contributed by atoms with van der Waals surface area (Å²) in [5, 5.41) is 0. The number of hydrogen-bond acceptors (Lipinski definition) is 1. The van der Waals surface area contributed by atoms with Crippen molar-refractivity contribution in [1.29, 1.82) is 0 Å². The predicted molar refractivity (Wildman–Crippen MR) is 404 cm³/mol. The number of hydrogen-bond donors (Lipinski definition) is 0. The molecule has 0 heterocycles. The van der Waals surface area contributed by atoms with E-state index in [1.807, 2.05) is 257 Å². The fourth-order valence-corrected chi connectivity index (χ4v) is 14.4. The summed E-state index contributed by atoms with van der Waals surface area (Å²) in [5.74, 6) is 7.12. The highest BCUT2D eigenvalue weighted by molar-refractivity contribution is 6.16. The number of ether oxygens (including phenoxy) is 1. The summed E-state index contributed by atoms with van der Waals surface area (Å²) in [6.45, 7) is 8.80. The maximum absolute atomic E-state index is 15.5. The van der Waals surface area contributed by atoms with Gasteiger partial charge in [0.2, 0.25) is 0 Å². The average Bonchev–Trinajstić information content (AvgIpc) is 0.724. The largest absolute Gasteiger partial charge is 0.457 e. The topological polar surface area (TPSA) is 9.23 Å². The molecule has 0 unspecified atom stereocenters. The van der Waals surface area contributed by atoms with Gasteiger partial charge >= 0.3 is 18.5 Å². The van der Waals surface area contributed by atoms with Gasteiger partial charge in [-0.3, -0.25) is 0 Å². The summed E-state index contributed by atoms with van der Waals surface area (Å²) >= 11 is 0. The lowest BCUT2D eigenvalue weighted by Crippen LogP contribution is -2.07. The van der Waals surface area contributed by atoms with Crippen molar-refractivity contribution in [2.24, 2.45) is 0 Å². The second-order valence-electron chi connectivity index (χ2n) is 26.2. The first-order chi connectivity index (χ1) is 50.0. The van der Waals surface area contributed by atoms with Crippen molar-refractivity contribution in [3.63, 3.8) is 0 Å². The Kier molecular flexibility index (Phi) is 18.8. The third-order valence-electron chi connectivity index (χ3n) is 18.7. The van der Waals surface area contributed by atoms with E-state index in [1.165, 1.54) is 18.2 Å². The molecular weight excluding hydrogens is 1320 g/mol. The zero-order chi connectivity index (χ0) is 72.6. The molecule has 0 saturated carbocycles. The summed E-state index contributed by atoms with van der Waals surface area (Å²) in [6.07, 6.45) is -14.0. The molecule has 0 spiro atoms. The molecule has 14 rings (SSSR count). The molecule has 10 heteroatoms. The Balaban J connectivity index is 0.984. The number of halogens is 9. The molecular formula is C94H65F9O. The monoisotopic (exact) mass is 1380 g/mol. The molecule has 0 radical (unpaired) electrons. The lowest BCUT2D eigenvalue weighted by Gasteiger charge is -2.29. The van der Waals surface area contributed by atoms with Crippen LogP contribution in [0.5, 0.6) is 11.5 Å². The van der Waals surface area contributed by atoms with Crippen molar-refractivity contribution >= 4 is 0 Å². The normalized spacial score (nSPS) is 11.7. The van der Waals surface area contributed by atoms with Crippen molar-refractivity contribution in [3.05, 3.63) is 359 Å². The maximum atomic E-state index is 15.5. The summed E-state index contributed by atoms with van der Waals surface area (Å²) in [4.78, 5) is 0. The van der Waals surface area contributed by atoms with E-state index in [9.17, 15) is 26.3 Å². The molecule has 14 aromatic rings. The van der Waals surface area contributed by atoms with E-state index in [0.717, 1.165) is 90.5 Å². The number of rotatable bonds is 13. The van der Waals surface area contributed by atoms with Gasteiger partial charge in [0, 0.05) is 11.1 Å². The quantitative estimate of drug-likeness (QED) is 0.0826. The van der Waals surface area contributed by atoms with Crippen molar-refractivity contribution in [2.45, 2.75) is 53.1 Å². The molecule has 1 nitrogen and oxygen atoms in total. The first kappa shape index (κ1) is 68.9. The number of aryl methyl sites for hydroxylation is 4. The van der Waals surface area contributed by atoms with E-state index in [4.69, 9.17) is 4.74 Å². The minimum absolute atomic E-state index is 0.166. The number of benzene rings is 14. The molecule has 0 aliphatic heterocycles. The van der Waals surface area contributed by atoms with Gasteiger partial charge in [-0.2, -0.15) is 39.5 Å². The van der Waals surface area contributed by atoms with Crippen LogP contribution in [-0.4, -0.2) is 0 Å². The van der Waals surface area contributed by atoms with Gasteiger partial charge in [0.15, 0.2) is 0 Å². The van der Waals surface area contributed by atoms with Crippen molar-refractivity contribution < 1.29 is 44.3 Å². The van der Waals surface area contributed by atoms with Gasteiger partial charge in [0.1, 0.15) is 11.5 Å². The molecule has 0 saturated heterocycles. The Bertz CT molecular complexity index is 5580. The van der Waals surface area contributed by atoms with Crippen LogP contribution in [-0.2, 0) is 18.5 Å². The molecule has 0 aromatic heterocycles. The molecule has 0 N–H and O–H groups in total. The smallest absolute Gasteiger partial charge is 0.416 e. The van der Waals surface area contributed by atoms with E-state index in [-0.39, 0.29) is 11.1 Å². The Morgan fingerprint density at radius 1 is 0.212 bits per heavy atom. The molecule has 0 amide bonds. The van der Waals surface area contributed by atoms with Crippen LogP contribution in [0.3, 0.4) is 0 Å². The van der Waals surface area contributed by atoms with Gasteiger partial charge in [-0.15, -0.1) is 0 Å². The van der Waals surface area contributed by atoms with E-state index in [1.54, 1.807) is 32.9 Å². The zero-order valence-corrected chi connectivity index (χ0v) is 57.2. The van der Waals surface area contributed by atoms with Crippen LogP contribution >= 0.6 is 0 Å². The van der Waals surface area contributed by atoms with Crippen LogP contribution in [0.4, 0.5) is 39.5 Å². The standard InChI is InChI=1S/C94H65F9O/c1-58-46-63(36-37-64-47-59(2)51-76(55-64)92(95,96)97)54-73(48-58)90-86(69-32-20-10-21-33-69)85(68-30-18-9-19-31-68)89(87(70-34-22-11-23-35-70)91(90)75-50-61(4)53-78(57-75)94(101,102)103)72-40-44-80(45-41-72)104-79-42-38-71(39-43-79)88-83(66-26-14-7-15-27-66)81(65-24-12-6-13-25-65)62(5)82(84(88)67-28-16-8-17-29-67)74-49-60(3)52-77(56-74)93(98,99)100/h6-35,38-57H,1-5H3. The highest BCUT2D eigenvalue weighted by Gasteiger charge is 2.36. The Morgan fingerprint density at radius 2 is 0.433 bits per heavy atom. The molecule has 0 fully saturated rings. The van der Waals surface area contributed by atoms with Gasteiger partial charge in [-0.05, 0) is 264 Å². The molecule has 510 valence electrons. The van der Waals surface area contributed by atoms with Crippen LogP contribution in [0.15, 0.2) is 303 Å².